The first-order valence-electron chi connectivity index (χ1n) is 2.58. The van der Waals surface area contributed by atoms with Gasteiger partial charge in [0.2, 0.25) is 0 Å². The Labute approximate surface area is 54.3 Å². The molecule has 0 atom stereocenters. The molecule has 0 radical (unpaired) electrons. The molecule has 52 valence electrons. The van der Waals surface area contributed by atoms with Gasteiger partial charge in [-0.05, 0) is 6.08 Å². The molecule has 0 aliphatic rings. The molecule has 0 bridgehead atoms. The molecule has 0 amide bonds. The van der Waals surface area contributed by atoms with Gasteiger partial charge in [0.25, 0.3) is 0 Å². The Morgan fingerprint density at radius 2 is 2.33 bits per heavy atom. The molecule has 0 aromatic heterocycles. The molecule has 0 heterocycles. The van der Waals surface area contributed by atoms with E-state index < -0.39 is 0 Å². The molecule has 0 saturated carbocycles. The zero-order valence-corrected chi connectivity index (χ0v) is 5.59. The van der Waals surface area contributed by atoms with E-state index >= 15 is 0 Å². The van der Waals surface area contributed by atoms with Gasteiger partial charge in [-0.3, -0.25) is 4.79 Å². The smallest absolute Gasteiger partial charge is 0.302 e. The van der Waals surface area contributed by atoms with Gasteiger partial charge in [-0.15, -0.1) is 0 Å². The van der Waals surface area contributed by atoms with Crippen molar-refractivity contribution in [3.05, 3.63) is 12.3 Å². The van der Waals surface area contributed by atoms with E-state index in [2.05, 4.69) is 9.47 Å². The third kappa shape index (κ3) is 7.01. The number of ether oxygens (including phenoxy) is 2. The minimum Gasteiger partial charge on any atom is -0.505 e. The van der Waals surface area contributed by atoms with Gasteiger partial charge in [0.05, 0.1) is 13.4 Å². The van der Waals surface area contributed by atoms with Gasteiger partial charge in [0, 0.05) is 6.92 Å². The van der Waals surface area contributed by atoms with Gasteiger partial charge in [-0.2, -0.15) is 0 Å². The van der Waals surface area contributed by atoms with Crippen LogP contribution < -0.4 is 0 Å². The standard InChI is InChI=1S/C6H10O3/c1-6(7)9-5-3-4-8-2/h3-4H,5H2,1-2H3/b4-3+. The highest BCUT2D eigenvalue weighted by Crippen LogP contribution is 1.78. The number of hydrogen-bond acceptors (Lipinski definition) is 3. The molecule has 0 unspecified atom stereocenters. The van der Waals surface area contributed by atoms with E-state index in [9.17, 15) is 4.79 Å². The summed E-state index contributed by atoms with van der Waals surface area (Å²) in [5.74, 6) is -0.282. The highest BCUT2D eigenvalue weighted by atomic mass is 16.5. The summed E-state index contributed by atoms with van der Waals surface area (Å²) in [4.78, 5) is 10.1. The zero-order valence-electron chi connectivity index (χ0n) is 5.59. The first-order valence-corrected chi connectivity index (χ1v) is 2.58. The number of rotatable bonds is 3. The summed E-state index contributed by atoms with van der Waals surface area (Å²) < 4.78 is 9.09. The molecule has 0 fully saturated rings. The largest absolute Gasteiger partial charge is 0.505 e. The molecule has 0 spiro atoms. The van der Waals surface area contributed by atoms with Crippen LogP contribution in [0.1, 0.15) is 6.92 Å². The lowest BCUT2D eigenvalue weighted by Crippen LogP contribution is -1.97. The molecule has 9 heavy (non-hydrogen) atoms. The van der Waals surface area contributed by atoms with Gasteiger partial charge in [0.1, 0.15) is 6.61 Å². The van der Waals surface area contributed by atoms with Crippen LogP contribution in [0.3, 0.4) is 0 Å². The summed E-state index contributed by atoms with van der Waals surface area (Å²) in [7, 11) is 1.53. The maximum Gasteiger partial charge on any atom is 0.302 e. The quantitative estimate of drug-likeness (QED) is 0.417. The third-order valence-electron chi connectivity index (χ3n) is 0.615. The van der Waals surface area contributed by atoms with Gasteiger partial charge < -0.3 is 9.47 Å². The fraction of sp³-hybridized carbons (Fsp3) is 0.500. The summed E-state index contributed by atoms with van der Waals surface area (Å²) in [6.07, 6.45) is 3.07. The van der Waals surface area contributed by atoms with Crippen LogP contribution in [-0.4, -0.2) is 19.7 Å². The highest BCUT2D eigenvalue weighted by Gasteiger charge is 1.85. The van der Waals surface area contributed by atoms with Crippen LogP contribution in [0.4, 0.5) is 0 Å². The van der Waals surface area contributed by atoms with Crippen LogP contribution in [-0.2, 0) is 14.3 Å². The first-order chi connectivity index (χ1) is 4.27. The number of hydrogen-bond donors (Lipinski definition) is 0. The second-order valence-electron chi connectivity index (χ2n) is 1.41. The van der Waals surface area contributed by atoms with Crippen molar-refractivity contribution >= 4 is 5.97 Å². The summed E-state index contributed by atoms with van der Waals surface area (Å²) in [5.41, 5.74) is 0. The number of esters is 1. The van der Waals surface area contributed by atoms with E-state index in [-0.39, 0.29) is 12.6 Å². The van der Waals surface area contributed by atoms with Crippen LogP contribution in [0.5, 0.6) is 0 Å². The Hall–Kier alpha value is -0.990. The van der Waals surface area contributed by atoms with Crippen molar-refractivity contribution in [2.45, 2.75) is 6.92 Å². The van der Waals surface area contributed by atoms with Crippen molar-refractivity contribution in [2.75, 3.05) is 13.7 Å². The number of methoxy groups -OCH3 is 1. The van der Waals surface area contributed by atoms with Gasteiger partial charge in [0.15, 0.2) is 0 Å². The summed E-state index contributed by atoms with van der Waals surface area (Å²) in [5, 5.41) is 0. The van der Waals surface area contributed by atoms with Gasteiger partial charge >= 0.3 is 5.97 Å². The monoisotopic (exact) mass is 130 g/mol. The molecule has 3 heteroatoms. The Morgan fingerprint density at radius 1 is 1.67 bits per heavy atom. The number of carbonyl (C=O) groups is 1. The predicted molar refractivity (Wildman–Crippen MR) is 32.8 cm³/mol. The molecule has 0 rings (SSSR count). The average Bonchev–Trinajstić information content (AvgIpc) is 1.80. The topological polar surface area (TPSA) is 35.5 Å². The van der Waals surface area contributed by atoms with E-state index in [0.717, 1.165) is 0 Å². The van der Waals surface area contributed by atoms with Crippen LogP contribution in [0, 0.1) is 0 Å². The molecule has 0 aromatic rings. The maximum absolute atomic E-state index is 10.1. The second kappa shape index (κ2) is 5.15. The van der Waals surface area contributed by atoms with Crippen LogP contribution in [0.25, 0.3) is 0 Å². The van der Waals surface area contributed by atoms with E-state index in [0.29, 0.717) is 0 Å². The minimum atomic E-state index is -0.282. The second-order valence-corrected chi connectivity index (χ2v) is 1.41. The summed E-state index contributed by atoms with van der Waals surface area (Å²) >= 11 is 0. The molecule has 3 nitrogen and oxygen atoms in total. The van der Waals surface area contributed by atoms with Crippen molar-refractivity contribution in [3.63, 3.8) is 0 Å². The van der Waals surface area contributed by atoms with Crippen molar-refractivity contribution in [1.82, 2.24) is 0 Å². The fourth-order valence-corrected chi connectivity index (χ4v) is 0.301. The first kappa shape index (κ1) is 8.01. The third-order valence-corrected chi connectivity index (χ3v) is 0.615. The molecular formula is C6H10O3. The minimum absolute atomic E-state index is 0.281. The Bertz CT molecular complexity index is 107. The fourth-order valence-electron chi connectivity index (χ4n) is 0.301. The molecule has 0 aromatic carbocycles. The van der Waals surface area contributed by atoms with Crippen LogP contribution in [0.15, 0.2) is 12.3 Å². The number of carbonyl (C=O) groups excluding carboxylic acids is 1. The zero-order chi connectivity index (χ0) is 7.11. The lowest BCUT2D eigenvalue weighted by molar-refractivity contribution is -0.139. The van der Waals surface area contributed by atoms with E-state index in [1.807, 2.05) is 0 Å². The van der Waals surface area contributed by atoms with Gasteiger partial charge in [-0.25, -0.2) is 0 Å². The molecule has 0 aliphatic heterocycles. The van der Waals surface area contributed by atoms with Gasteiger partial charge in [-0.1, -0.05) is 0 Å². The average molecular weight is 130 g/mol. The van der Waals surface area contributed by atoms with Crippen molar-refractivity contribution in [2.24, 2.45) is 0 Å². The van der Waals surface area contributed by atoms with Crippen LogP contribution in [0.2, 0.25) is 0 Å². The Kier molecular flexibility index (Phi) is 4.59. The van der Waals surface area contributed by atoms with Crippen LogP contribution >= 0.6 is 0 Å². The lowest BCUT2D eigenvalue weighted by atomic mass is 10.6. The van der Waals surface area contributed by atoms with Crippen molar-refractivity contribution in [1.29, 1.82) is 0 Å². The van der Waals surface area contributed by atoms with Crippen molar-refractivity contribution < 1.29 is 14.3 Å². The molecule has 0 saturated heterocycles. The molecular weight excluding hydrogens is 120 g/mol. The van der Waals surface area contributed by atoms with E-state index in [1.54, 1.807) is 6.08 Å². The van der Waals surface area contributed by atoms with Crippen molar-refractivity contribution in [3.8, 4) is 0 Å². The highest BCUT2D eigenvalue weighted by molar-refractivity contribution is 5.65. The predicted octanol–water partition coefficient (Wildman–Crippen LogP) is 0.710. The normalized spacial score (nSPS) is 9.56. The Morgan fingerprint density at radius 3 is 2.78 bits per heavy atom. The SMILES string of the molecule is CO/C=C/COC(C)=O. The maximum atomic E-state index is 10.1. The molecule has 0 N–H and O–H groups in total. The Balaban J connectivity index is 3.09. The lowest BCUT2D eigenvalue weighted by Gasteiger charge is -1.93. The summed E-state index contributed by atoms with van der Waals surface area (Å²) in [6.45, 7) is 1.64. The molecule has 0 aliphatic carbocycles. The van der Waals surface area contributed by atoms with E-state index in [4.69, 9.17) is 0 Å². The summed E-state index contributed by atoms with van der Waals surface area (Å²) in [6, 6.07) is 0. The van der Waals surface area contributed by atoms with E-state index in [1.165, 1.54) is 20.3 Å².